The number of carbonyl (C=O) groups excluding carboxylic acids is 1. The minimum atomic E-state index is -0.0120. The molecule has 6 nitrogen and oxygen atoms in total. The highest BCUT2D eigenvalue weighted by atomic mass is 16.7. The molecule has 2 aliphatic rings. The summed E-state index contributed by atoms with van der Waals surface area (Å²) in [5.41, 5.74) is 2.32. The molecule has 0 unspecified atom stereocenters. The molecular weight excluding hydrogens is 330 g/mol. The number of amides is 2. The van der Waals surface area contributed by atoms with Gasteiger partial charge in [-0.2, -0.15) is 0 Å². The molecule has 1 saturated heterocycles. The lowest BCUT2D eigenvalue weighted by Gasteiger charge is -2.34. The average molecular weight is 353 g/mol. The van der Waals surface area contributed by atoms with Gasteiger partial charge >= 0.3 is 6.03 Å². The summed E-state index contributed by atoms with van der Waals surface area (Å²) in [5, 5.41) is 3.00. The number of benzene rings is 2. The number of fused-ring (bicyclic) bond motifs is 1. The molecule has 2 heterocycles. The Kier molecular flexibility index (Phi) is 4.93. The quantitative estimate of drug-likeness (QED) is 0.917. The molecule has 0 radical (unpaired) electrons. The van der Waals surface area contributed by atoms with E-state index in [1.807, 2.05) is 29.2 Å². The van der Waals surface area contributed by atoms with Crippen LogP contribution >= 0.6 is 0 Å². The summed E-state index contributed by atoms with van der Waals surface area (Å²) in [7, 11) is 0. The Labute approximate surface area is 153 Å². The van der Waals surface area contributed by atoms with E-state index in [4.69, 9.17) is 9.47 Å². The largest absolute Gasteiger partial charge is 0.454 e. The van der Waals surface area contributed by atoms with Gasteiger partial charge in [0.2, 0.25) is 6.79 Å². The maximum absolute atomic E-state index is 12.4. The third-order valence-corrected chi connectivity index (χ3v) is 4.79. The highest BCUT2D eigenvalue weighted by Crippen LogP contribution is 2.32. The number of piperazine rings is 1. The van der Waals surface area contributed by atoms with Crippen LogP contribution in [0.1, 0.15) is 11.1 Å². The second kappa shape index (κ2) is 7.66. The molecule has 2 aromatic rings. The van der Waals surface area contributed by atoms with Gasteiger partial charge in [0.15, 0.2) is 11.5 Å². The lowest BCUT2D eigenvalue weighted by Crippen LogP contribution is -2.51. The summed E-state index contributed by atoms with van der Waals surface area (Å²) in [6.07, 6.45) is 0. The fourth-order valence-corrected chi connectivity index (χ4v) is 3.29. The summed E-state index contributed by atoms with van der Waals surface area (Å²) in [6, 6.07) is 16.2. The molecule has 0 spiro atoms. The van der Waals surface area contributed by atoms with Crippen molar-refractivity contribution in [3.8, 4) is 11.5 Å². The first-order valence-electron chi connectivity index (χ1n) is 8.95. The number of urea groups is 1. The summed E-state index contributed by atoms with van der Waals surface area (Å²) in [6.45, 7) is 4.98. The second-order valence-electron chi connectivity index (χ2n) is 6.60. The SMILES string of the molecule is O=C(NCc1ccc2c(c1)OCO2)N1CCN(Cc2ccccc2)CC1. The van der Waals surface area contributed by atoms with E-state index < -0.39 is 0 Å². The maximum atomic E-state index is 12.4. The molecule has 0 bridgehead atoms. The van der Waals surface area contributed by atoms with Gasteiger partial charge in [0.05, 0.1) is 0 Å². The Morgan fingerprint density at radius 3 is 2.50 bits per heavy atom. The van der Waals surface area contributed by atoms with Crippen LogP contribution in [0.2, 0.25) is 0 Å². The summed E-state index contributed by atoms with van der Waals surface area (Å²) in [5.74, 6) is 1.50. The van der Waals surface area contributed by atoms with Crippen molar-refractivity contribution in [3.63, 3.8) is 0 Å². The number of carbonyl (C=O) groups is 1. The summed E-state index contributed by atoms with van der Waals surface area (Å²) >= 11 is 0. The van der Waals surface area contributed by atoms with Crippen LogP contribution in [0.5, 0.6) is 11.5 Å². The zero-order valence-electron chi connectivity index (χ0n) is 14.7. The van der Waals surface area contributed by atoms with Gasteiger partial charge < -0.3 is 19.7 Å². The van der Waals surface area contributed by atoms with Gasteiger partial charge in [0.1, 0.15) is 0 Å². The average Bonchev–Trinajstić information content (AvgIpc) is 3.15. The van der Waals surface area contributed by atoms with Gasteiger partial charge in [-0.3, -0.25) is 4.90 Å². The fourth-order valence-electron chi connectivity index (χ4n) is 3.29. The number of nitrogens with one attached hydrogen (secondary N) is 1. The van der Waals surface area contributed by atoms with Crippen molar-refractivity contribution >= 4 is 6.03 Å². The number of hydrogen-bond donors (Lipinski definition) is 1. The van der Waals surface area contributed by atoms with Gasteiger partial charge in [-0.05, 0) is 23.3 Å². The molecule has 136 valence electrons. The summed E-state index contributed by atoms with van der Waals surface area (Å²) < 4.78 is 10.7. The lowest BCUT2D eigenvalue weighted by molar-refractivity contribution is 0.135. The Morgan fingerprint density at radius 2 is 1.69 bits per heavy atom. The van der Waals surface area contributed by atoms with E-state index in [0.29, 0.717) is 6.54 Å². The van der Waals surface area contributed by atoms with Gasteiger partial charge in [-0.15, -0.1) is 0 Å². The van der Waals surface area contributed by atoms with Gasteiger partial charge in [-0.25, -0.2) is 4.79 Å². The minimum absolute atomic E-state index is 0.0120. The highest BCUT2D eigenvalue weighted by molar-refractivity contribution is 5.74. The van der Waals surface area contributed by atoms with Gasteiger partial charge in [0, 0.05) is 39.3 Å². The lowest BCUT2D eigenvalue weighted by atomic mass is 10.2. The van der Waals surface area contributed by atoms with Crippen molar-refractivity contribution in [1.29, 1.82) is 0 Å². The zero-order valence-corrected chi connectivity index (χ0v) is 14.7. The Bertz CT molecular complexity index is 758. The third kappa shape index (κ3) is 3.91. The van der Waals surface area contributed by atoms with Crippen LogP contribution in [0.3, 0.4) is 0 Å². The Balaban J connectivity index is 1.23. The topological polar surface area (TPSA) is 54.0 Å². The van der Waals surface area contributed by atoms with Crippen LogP contribution in [0.15, 0.2) is 48.5 Å². The van der Waals surface area contributed by atoms with E-state index in [1.165, 1.54) is 5.56 Å². The molecule has 4 rings (SSSR count). The molecule has 2 amide bonds. The van der Waals surface area contributed by atoms with Crippen LogP contribution < -0.4 is 14.8 Å². The van der Waals surface area contributed by atoms with E-state index in [1.54, 1.807) is 0 Å². The first-order chi connectivity index (χ1) is 12.8. The number of ether oxygens (including phenoxy) is 2. The van der Waals surface area contributed by atoms with Crippen LogP contribution in [0.4, 0.5) is 4.79 Å². The molecular formula is C20H23N3O3. The molecule has 0 atom stereocenters. The molecule has 1 N–H and O–H groups in total. The molecule has 26 heavy (non-hydrogen) atoms. The van der Waals surface area contributed by atoms with E-state index in [9.17, 15) is 4.79 Å². The molecule has 0 aliphatic carbocycles. The molecule has 2 aliphatic heterocycles. The molecule has 1 fully saturated rings. The molecule has 0 aromatic heterocycles. The fraction of sp³-hybridized carbons (Fsp3) is 0.350. The van der Waals surface area contributed by atoms with Crippen molar-refractivity contribution in [2.75, 3.05) is 33.0 Å². The molecule has 0 saturated carbocycles. The van der Waals surface area contributed by atoms with Gasteiger partial charge in [0.25, 0.3) is 0 Å². The van der Waals surface area contributed by atoms with Crippen LogP contribution in [0.25, 0.3) is 0 Å². The van der Waals surface area contributed by atoms with Crippen molar-refractivity contribution in [2.45, 2.75) is 13.1 Å². The van der Waals surface area contributed by atoms with Gasteiger partial charge in [-0.1, -0.05) is 36.4 Å². The smallest absolute Gasteiger partial charge is 0.317 e. The van der Waals surface area contributed by atoms with Crippen molar-refractivity contribution < 1.29 is 14.3 Å². The van der Waals surface area contributed by atoms with Crippen molar-refractivity contribution in [2.24, 2.45) is 0 Å². The van der Waals surface area contributed by atoms with Crippen molar-refractivity contribution in [3.05, 3.63) is 59.7 Å². The first kappa shape index (κ1) is 16.7. The van der Waals surface area contributed by atoms with E-state index in [0.717, 1.165) is 49.8 Å². The predicted octanol–water partition coefficient (Wildman–Crippen LogP) is 2.44. The van der Waals surface area contributed by atoms with Crippen molar-refractivity contribution in [1.82, 2.24) is 15.1 Å². The zero-order chi connectivity index (χ0) is 17.8. The highest BCUT2D eigenvalue weighted by Gasteiger charge is 2.21. The number of rotatable bonds is 4. The predicted molar refractivity (Wildman–Crippen MR) is 98.1 cm³/mol. The summed E-state index contributed by atoms with van der Waals surface area (Å²) in [4.78, 5) is 16.7. The molecule has 2 aromatic carbocycles. The van der Waals surface area contributed by atoms with Crippen LogP contribution in [-0.2, 0) is 13.1 Å². The second-order valence-corrected chi connectivity index (χ2v) is 6.60. The monoisotopic (exact) mass is 353 g/mol. The van der Waals surface area contributed by atoms with Crippen LogP contribution in [-0.4, -0.2) is 48.8 Å². The third-order valence-electron chi connectivity index (χ3n) is 4.79. The first-order valence-corrected chi connectivity index (χ1v) is 8.95. The normalized spacial score (nSPS) is 16.5. The standard InChI is InChI=1S/C20H23N3O3/c24-20(21-13-17-6-7-18-19(12-17)26-15-25-18)23-10-8-22(9-11-23)14-16-4-2-1-3-5-16/h1-7,12H,8-11,13-15H2,(H,21,24). The van der Waals surface area contributed by atoms with E-state index >= 15 is 0 Å². The Hall–Kier alpha value is -2.73. The van der Waals surface area contributed by atoms with E-state index in [-0.39, 0.29) is 12.8 Å². The number of hydrogen-bond acceptors (Lipinski definition) is 4. The number of nitrogens with zero attached hydrogens (tertiary/aromatic N) is 2. The van der Waals surface area contributed by atoms with Crippen LogP contribution in [0, 0.1) is 0 Å². The Morgan fingerprint density at radius 1 is 0.923 bits per heavy atom. The maximum Gasteiger partial charge on any atom is 0.317 e. The minimum Gasteiger partial charge on any atom is -0.454 e. The molecule has 6 heteroatoms. The van der Waals surface area contributed by atoms with E-state index in [2.05, 4.69) is 34.5 Å².